The van der Waals surface area contributed by atoms with Gasteiger partial charge in [-0.1, -0.05) is 46.1 Å². The van der Waals surface area contributed by atoms with Gasteiger partial charge in [0.15, 0.2) is 0 Å². The molecule has 138 valence electrons. The van der Waals surface area contributed by atoms with Gasteiger partial charge in [-0.15, -0.1) is 0 Å². The summed E-state index contributed by atoms with van der Waals surface area (Å²) in [5.74, 6) is 1.32. The summed E-state index contributed by atoms with van der Waals surface area (Å²) in [7, 11) is 0. The Balaban J connectivity index is 2.27. The fourth-order valence-electron chi connectivity index (χ4n) is 3.13. The summed E-state index contributed by atoms with van der Waals surface area (Å²) < 4.78 is 7.88. The monoisotopic (exact) mass is 344 g/mol. The second kappa shape index (κ2) is 9.50. The van der Waals surface area contributed by atoms with Crippen LogP contribution in [0.15, 0.2) is 24.3 Å². The maximum absolute atomic E-state index is 12.7. The molecule has 0 unspecified atom stereocenters. The summed E-state index contributed by atoms with van der Waals surface area (Å²) in [6, 6.07) is 8.01. The molecular weight excluding hydrogens is 312 g/mol. The van der Waals surface area contributed by atoms with E-state index in [1.54, 1.807) is 0 Å². The molecule has 4 heteroatoms. The van der Waals surface area contributed by atoms with Gasteiger partial charge in [-0.2, -0.15) is 0 Å². The van der Waals surface area contributed by atoms with Crippen LogP contribution in [0, 0.1) is 5.92 Å². The lowest BCUT2D eigenvalue weighted by atomic mass is 10.2. The first-order valence-electron chi connectivity index (χ1n) is 9.61. The van der Waals surface area contributed by atoms with Crippen LogP contribution in [-0.2, 0) is 6.54 Å². The molecule has 2 aromatic rings. The van der Waals surface area contributed by atoms with Gasteiger partial charge < -0.3 is 14.6 Å². The minimum absolute atomic E-state index is 0.01000. The number of unbranched alkanes of at least 4 members (excludes halogenated alkanes) is 3. The van der Waals surface area contributed by atoms with Crippen molar-refractivity contribution in [1.29, 1.82) is 0 Å². The van der Waals surface area contributed by atoms with Crippen LogP contribution in [-0.4, -0.2) is 23.6 Å². The highest BCUT2D eigenvalue weighted by Gasteiger charge is 2.18. The molecule has 1 aromatic heterocycles. The Bertz CT molecular complexity index is 689. The summed E-state index contributed by atoms with van der Waals surface area (Å²) in [4.78, 5) is 12.7. The summed E-state index contributed by atoms with van der Waals surface area (Å²) >= 11 is 0. The van der Waals surface area contributed by atoms with Gasteiger partial charge in [0, 0.05) is 18.5 Å². The van der Waals surface area contributed by atoms with E-state index in [9.17, 15) is 4.79 Å². The van der Waals surface area contributed by atoms with E-state index >= 15 is 0 Å². The van der Waals surface area contributed by atoms with Crippen LogP contribution >= 0.6 is 0 Å². The number of nitrogens with zero attached hydrogens (tertiary/aromatic N) is 1. The van der Waals surface area contributed by atoms with Crippen molar-refractivity contribution in [3.05, 3.63) is 30.0 Å². The van der Waals surface area contributed by atoms with Crippen molar-refractivity contribution in [2.24, 2.45) is 5.92 Å². The smallest absolute Gasteiger partial charge is 0.267 e. The van der Waals surface area contributed by atoms with Crippen molar-refractivity contribution in [3.63, 3.8) is 0 Å². The first-order chi connectivity index (χ1) is 12.1. The molecule has 1 N–H and O–H groups in total. The number of hydrogen-bond acceptors (Lipinski definition) is 2. The Labute approximate surface area is 151 Å². The van der Waals surface area contributed by atoms with Crippen molar-refractivity contribution in [2.45, 2.75) is 59.9 Å². The van der Waals surface area contributed by atoms with E-state index in [0.29, 0.717) is 12.5 Å². The summed E-state index contributed by atoms with van der Waals surface area (Å²) in [6.45, 7) is 10.7. The van der Waals surface area contributed by atoms with Gasteiger partial charge in [-0.05, 0) is 37.5 Å². The number of ether oxygens (including phenoxy) is 1. The minimum atomic E-state index is 0.01000. The number of amides is 1. The molecule has 1 aromatic carbocycles. The molecule has 0 radical (unpaired) electrons. The normalized spacial score (nSPS) is 11.2. The van der Waals surface area contributed by atoms with Crippen LogP contribution in [0.3, 0.4) is 0 Å². The molecule has 0 fully saturated rings. The zero-order valence-electron chi connectivity index (χ0n) is 16.1. The van der Waals surface area contributed by atoms with Crippen LogP contribution < -0.4 is 10.1 Å². The molecule has 1 heterocycles. The van der Waals surface area contributed by atoms with Gasteiger partial charge in [-0.3, -0.25) is 4.79 Å². The van der Waals surface area contributed by atoms with Crippen molar-refractivity contribution < 1.29 is 9.53 Å². The topological polar surface area (TPSA) is 43.3 Å². The molecular formula is C21H32N2O2. The Morgan fingerprint density at radius 3 is 2.68 bits per heavy atom. The van der Waals surface area contributed by atoms with E-state index in [4.69, 9.17) is 4.74 Å². The maximum atomic E-state index is 12.7. The predicted octanol–water partition coefficient (Wildman–Crippen LogP) is 5.01. The second-order valence-electron chi connectivity index (χ2n) is 6.97. The number of fused-ring (bicyclic) bond motifs is 1. The van der Waals surface area contributed by atoms with E-state index in [2.05, 4.69) is 36.7 Å². The predicted molar refractivity (Wildman–Crippen MR) is 104 cm³/mol. The van der Waals surface area contributed by atoms with Crippen LogP contribution in [0.2, 0.25) is 0 Å². The zero-order valence-corrected chi connectivity index (χ0v) is 16.1. The zero-order chi connectivity index (χ0) is 18.2. The number of nitrogens with one attached hydrogen (secondary N) is 1. The van der Waals surface area contributed by atoms with Gasteiger partial charge in [0.05, 0.1) is 12.1 Å². The summed E-state index contributed by atoms with van der Waals surface area (Å²) in [6.07, 6.45) is 4.63. The van der Waals surface area contributed by atoms with E-state index in [1.807, 2.05) is 25.1 Å². The van der Waals surface area contributed by atoms with Gasteiger partial charge in [0.25, 0.3) is 5.91 Å². The molecule has 1 amide bonds. The van der Waals surface area contributed by atoms with E-state index in [-0.39, 0.29) is 5.91 Å². The van der Waals surface area contributed by atoms with Crippen molar-refractivity contribution in [2.75, 3.05) is 13.2 Å². The number of aromatic nitrogens is 1. The van der Waals surface area contributed by atoms with Crippen LogP contribution in [0.1, 0.15) is 63.9 Å². The molecule has 0 saturated carbocycles. The second-order valence-corrected chi connectivity index (χ2v) is 6.97. The number of carbonyl (C=O) groups excluding carboxylic acids is 1. The summed E-state index contributed by atoms with van der Waals surface area (Å²) in [5, 5.41) is 4.10. The SMILES string of the molecule is CCCCCCNC(=O)c1cc2c(OCC)cccc2n1CC(C)C. The van der Waals surface area contributed by atoms with Gasteiger partial charge in [-0.25, -0.2) is 0 Å². The Morgan fingerprint density at radius 1 is 1.20 bits per heavy atom. The average molecular weight is 344 g/mol. The van der Waals surface area contributed by atoms with Gasteiger partial charge >= 0.3 is 0 Å². The highest BCUT2D eigenvalue weighted by Crippen LogP contribution is 2.29. The lowest BCUT2D eigenvalue weighted by molar-refractivity contribution is 0.0943. The van der Waals surface area contributed by atoms with Crippen LogP contribution in [0.4, 0.5) is 0 Å². The fraction of sp³-hybridized carbons (Fsp3) is 0.571. The lowest BCUT2D eigenvalue weighted by Crippen LogP contribution is -2.27. The van der Waals surface area contributed by atoms with E-state index < -0.39 is 0 Å². The first kappa shape index (κ1) is 19.4. The molecule has 0 aliphatic heterocycles. The maximum Gasteiger partial charge on any atom is 0.267 e. The third-order valence-electron chi connectivity index (χ3n) is 4.30. The molecule has 4 nitrogen and oxygen atoms in total. The number of rotatable bonds is 10. The molecule has 0 saturated heterocycles. The Morgan fingerprint density at radius 2 is 2.00 bits per heavy atom. The van der Waals surface area contributed by atoms with Crippen molar-refractivity contribution in [1.82, 2.24) is 9.88 Å². The third-order valence-corrected chi connectivity index (χ3v) is 4.30. The van der Waals surface area contributed by atoms with Crippen molar-refractivity contribution in [3.8, 4) is 5.75 Å². The Kier molecular flexibility index (Phi) is 7.35. The Hall–Kier alpha value is -1.97. The molecule has 0 aliphatic carbocycles. The summed E-state index contributed by atoms with van der Waals surface area (Å²) in [5.41, 5.74) is 1.79. The average Bonchev–Trinajstić information content (AvgIpc) is 2.94. The van der Waals surface area contributed by atoms with Gasteiger partial charge in [0.2, 0.25) is 0 Å². The fourth-order valence-corrected chi connectivity index (χ4v) is 3.13. The quantitative estimate of drug-likeness (QED) is 0.616. The largest absolute Gasteiger partial charge is 0.493 e. The van der Waals surface area contributed by atoms with Gasteiger partial charge in [0.1, 0.15) is 11.4 Å². The molecule has 2 rings (SSSR count). The highest BCUT2D eigenvalue weighted by molar-refractivity contribution is 6.00. The van der Waals surface area contributed by atoms with Crippen LogP contribution in [0.5, 0.6) is 5.75 Å². The molecule has 0 bridgehead atoms. The van der Waals surface area contributed by atoms with Crippen LogP contribution in [0.25, 0.3) is 10.9 Å². The third kappa shape index (κ3) is 5.00. The number of benzene rings is 1. The lowest BCUT2D eigenvalue weighted by Gasteiger charge is -2.13. The molecule has 0 atom stereocenters. The first-order valence-corrected chi connectivity index (χ1v) is 9.61. The molecule has 0 spiro atoms. The standard InChI is InChI=1S/C21H32N2O2/c1-5-7-8-9-13-22-21(24)19-14-17-18(23(19)15-16(3)4)11-10-12-20(17)25-6-2/h10-12,14,16H,5-9,13,15H2,1-4H3,(H,22,24). The minimum Gasteiger partial charge on any atom is -0.493 e. The van der Waals surface area contributed by atoms with E-state index in [1.165, 1.54) is 19.3 Å². The molecule has 0 aliphatic rings. The highest BCUT2D eigenvalue weighted by atomic mass is 16.5. The number of carbonyl (C=O) groups is 1. The number of hydrogen-bond donors (Lipinski definition) is 1. The molecule has 25 heavy (non-hydrogen) atoms. The van der Waals surface area contributed by atoms with Crippen molar-refractivity contribution >= 4 is 16.8 Å². The van der Waals surface area contributed by atoms with E-state index in [0.717, 1.165) is 41.9 Å².